The van der Waals surface area contributed by atoms with Crippen LogP contribution in [0.5, 0.6) is 0 Å². The molecule has 0 aliphatic heterocycles. The monoisotopic (exact) mass is 253 g/mol. The minimum absolute atomic E-state index is 0.129. The molecule has 0 unspecified atom stereocenters. The number of carbonyl (C=O) groups excluding carboxylic acids is 2. The van der Waals surface area contributed by atoms with Gasteiger partial charge in [-0.1, -0.05) is 13.8 Å². The van der Waals surface area contributed by atoms with Crippen LogP contribution in [0.1, 0.15) is 24.2 Å². The standard InChI is InChI=1S/C12H16FN3O2/c1-8(2)6-15-11(17)7-16-12(18)9-3-4-14-10(13)5-9/h3-5,8H,6-7H2,1-2H3,(H,15,17)(H,16,18). The highest BCUT2D eigenvalue weighted by molar-refractivity contribution is 5.96. The maximum Gasteiger partial charge on any atom is 0.251 e. The molecule has 1 aromatic heterocycles. The summed E-state index contributed by atoms with van der Waals surface area (Å²) >= 11 is 0. The number of rotatable bonds is 5. The number of nitrogens with zero attached hydrogens (tertiary/aromatic N) is 1. The van der Waals surface area contributed by atoms with Crippen molar-refractivity contribution in [3.63, 3.8) is 0 Å². The van der Waals surface area contributed by atoms with Crippen LogP contribution >= 0.6 is 0 Å². The summed E-state index contributed by atoms with van der Waals surface area (Å²) in [7, 11) is 0. The summed E-state index contributed by atoms with van der Waals surface area (Å²) in [5.41, 5.74) is 0.138. The molecular weight excluding hydrogens is 237 g/mol. The van der Waals surface area contributed by atoms with Crippen molar-refractivity contribution in [2.24, 2.45) is 5.92 Å². The summed E-state index contributed by atoms with van der Waals surface area (Å²) in [6, 6.07) is 2.39. The maximum absolute atomic E-state index is 12.8. The Bertz CT molecular complexity index is 435. The Balaban J connectivity index is 2.39. The van der Waals surface area contributed by atoms with Crippen molar-refractivity contribution in [1.29, 1.82) is 0 Å². The first kappa shape index (κ1) is 14.1. The van der Waals surface area contributed by atoms with E-state index in [0.717, 1.165) is 6.07 Å². The summed E-state index contributed by atoms with van der Waals surface area (Å²) in [6.45, 7) is 4.37. The average Bonchev–Trinajstić information content (AvgIpc) is 2.33. The molecule has 0 spiro atoms. The van der Waals surface area contributed by atoms with Crippen LogP contribution in [0.3, 0.4) is 0 Å². The molecule has 1 rings (SSSR count). The Morgan fingerprint density at radius 1 is 1.39 bits per heavy atom. The lowest BCUT2D eigenvalue weighted by atomic mass is 10.2. The van der Waals surface area contributed by atoms with Crippen molar-refractivity contribution in [1.82, 2.24) is 15.6 Å². The van der Waals surface area contributed by atoms with E-state index in [2.05, 4.69) is 15.6 Å². The lowest BCUT2D eigenvalue weighted by Crippen LogP contribution is -2.38. The number of carbonyl (C=O) groups is 2. The van der Waals surface area contributed by atoms with Crippen molar-refractivity contribution in [3.8, 4) is 0 Å². The predicted octanol–water partition coefficient (Wildman–Crippen LogP) is 0.723. The van der Waals surface area contributed by atoms with Gasteiger partial charge in [-0.05, 0) is 12.0 Å². The van der Waals surface area contributed by atoms with Crippen molar-refractivity contribution in [2.75, 3.05) is 13.1 Å². The van der Waals surface area contributed by atoms with E-state index >= 15 is 0 Å². The normalized spacial score (nSPS) is 10.2. The van der Waals surface area contributed by atoms with Gasteiger partial charge in [0.25, 0.3) is 5.91 Å². The first-order chi connectivity index (χ1) is 8.49. The second-order valence-electron chi connectivity index (χ2n) is 4.25. The zero-order chi connectivity index (χ0) is 13.5. The van der Waals surface area contributed by atoms with E-state index in [0.29, 0.717) is 12.5 Å². The first-order valence-corrected chi connectivity index (χ1v) is 5.65. The number of nitrogens with one attached hydrogen (secondary N) is 2. The fourth-order valence-electron chi connectivity index (χ4n) is 1.19. The van der Waals surface area contributed by atoms with Gasteiger partial charge in [-0.15, -0.1) is 0 Å². The van der Waals surface area contributed by atoms with Gasteiger partial charge in [0.1, 0.15) is 0 Å². The highest BCUT2D eigenvalue weighted by atomic mass is 19.1. The van der Waals surface area contributed by atoms with Gasteiger partial charge in [-0.2, -0.15) is 4.39 Å². The molecule has 0 bridgehead atoms. The highest BCUT2D eigenvalue weighted by Gasteiger charge is 2.09. The molecule has 2 N–H and O–H groups in total. The number of pyridine rings is 1. The molecule has 0 aliphatic carbocycles. The van der Waals surface area contributed by atoms with Crippen molar-refractivity contribution < 1.29 is 14.0 Å². The molecule has 98 valence electrons. The van der Waals surface area contributed by atoms with Gasteiger partial charge in [0.2, 0.25) is 11.9 Å². The molecule has 5 nitrogen and oxygen atoms in total. The van der Waals surface area contributed by atoms with Gasteiger partial charge in [0.15, 0.2) is 0 Å². The molecular formula is C12H16FN3O2. The zero-order valence-electron chi connectivity index (χ0n) is 10.4. The minimum atomic E-state index is -0.730. The van der Waals surface area contributed by atoms with E-state index in [1.165, 1.54) is 12.3 Å². The third-order valence-corrected chi connectivity index (χ3v) is 2.11. The molecule has 0 saturated carbocycles. The lowest BCUT2D eigenvalue weighted by Gasteiger charge is -2.08. The molecule has 0 aromatic carbocycles. The zero-order valence-corrected chi connectivity index (χ0v) is 10.4. The summed E-state index contributed by atoms with van der Waals surface area (Å²) in [6.07, 6.45) is 1.20. The summed E-state index contributed by atoms with van der Waals surface area (Å²) in [5, 5.41) is 5.06. The van der Waals surface area contributed by atoms with Gasteiger partial charge in [0.05, 0.1) is 6.54 Å². The lowest BCUT2D eigenvalue weighted by molar-refractivity contribution is -0.120. The quantitative estimate of drug-likeness (QED) is 0.760. The second kappa shape index (κ2) is 6.68. The van der Waals surface area contributed by atoms with Gasteiger partial charge >= 0.3 is 0 Å². The molecule has 1 aromatic rings. The topological polar surface area (TPSA) is 71.1 Å². The third-order valence-electron chi connectivity index (χ3n) is 2.11. The molecule has 0 atom stereocenters. The van der Waals surface area contributed by atoms with Crippen LogP contribution in [0.2, 0.25) is 0 Å². The van der Waals surface area contributed by atoms with Crippen LogP contribution < -0.4 is 10.6 Å². The second-order valence-corrected chi connectivity index (χ2v) is 4.25. The van der Waals surface area contributed by atoms with E-state index in [-0.39, 0.29) is 18.0 Å². The molecule has 1 heterocycles. The van der Waals surface area contributed by atoms with Crippen molar-refractivity contribution in [2.45, 2.75) is 13.8 Å². The highest BCUT2D eigenvalue weighted by Crippen LogP contribution is 1.99. The molecule has 6 heteroatoms. The first-order valence-electron chi connectivity index (χ1n) is 5.65. The predicted molar refractivity (Wildman–Crippen MR) is 64.4 cm³/mol. The average molecular weight is 253 g/mol. The molecule has 2 amide bonds. The van der Waals surface area contributed by atoms with Gasteiger partial charge < -0.3 is 10.6 Å². The van der Waals surface area contributed by atoms with Crippen molar-refractivity contribution >= 4 is 11.8 Å². The van der Waals surface area contributed by atoms with Gasteiger partial charge in [-0.3, -0.25) is 9.59 Å². The van der Waals surface area contributed by atoms with E-state index in [4.69, 9.17) is 0 Å². The Morgan fingerprint density at radius 2 is 2.11 bits per heavy atom. The molecule has 18 heavy (non-hydrogen) atoms. The number of aromatic nitrogens is 1. The summed E-state index contributed by atoms with van der Waals surface area (Å²) in [5.74, 6) is -1.16. The molecule has 0 fully saturated rings. The Hall–Kier alpha value is -1.98. The molecule has 0 saturated heterocycles. The van der Waals surface area contributed by atoms with E-state index in [1.54, 1.807) is 0 Å². The SMILES string of the molecule is CC(C)CNC(=O)CNC(=O)c1ccnc(F)c1. The largest absolute Gasteiger partial charge is 0.354 e. The maximum atomic E-state index is 12.8. The molecule has 0 radical (unpaired) electrons. The number of amides is 2. The summed E-state index contributed by atoms with van der Waals surface area (Å²) in [4.78, 5) is 26.2. The van der Waals surface area contributed by atoms with E-state index in [9.17, 15) is 14.0 Å². The number of halogens is 1. The fraction of sp³-hybridized carbons (Fsp3) is 0.417. The Labute approximate surface area is 105 Å². The number of hydrogen-bond acceptors (Lipinski definition) is 3. The van der Waals surface area contributed by atoms with Crippen molar-refractivity contribution in [3.05, 3.63) is 29.8 Å². The van der Waals surface area contributed by atoms with Crippen LogP contribution in [0.25, 0.3) is 0 Å². The van der Waals surface area contributed by atoms with Gasteiger partial charge in [-0.25, -0.2) is 4.98 Å². The summed E-state index contributed by atoms with van der Waals surface area (Å²) < 4.78 is 12.8. The molecule has 0 aliphatic rings. The van der Waals surface area contributed by atoms with Crippen LogP contribution in [0, 0.1) is 11.9 Å². The smallest absolute Gasteiger partial charge is 0.251 e. The Kier molecular flexibility index (Phi) is 5.23. The van der Waals surface area contributed by atoms with Crippen LogP contribution in [-0.2, 0) is 4.79 Å². The number of hydrogen-bond donors (Lipinski definition) is 2. The van der Waals surface area contributed by atoms with Crippen LogP contribution in [0.15, 0.2) is 18.3 Å². The van der Waals surface area contributed by atoms with Crippen LogP contribution in [0.4, 0.5) is 4.39 Å². The minimum Gasteiger partial charge on any atom is -0.354 e. The van der Waals surface area contributed by atoms with Crippen LogP contribution in [-0.4, -0.2) is 29.9 Å². The Morgan fingerprint density at radius 3 is 2.72 bits per heavy atom. The fourth-order valence-corrected chi connectivity index (χ4v) is 1.19. The van der Waals surface area contributed by atoms with E-state index < -0.39 is 11.9 Å². The third kappa shape index (κ3) is 4.90. The van der Waals surface area contributed by atoms with E-state index in [1.807, 2.05) is 13.8 Å². The van der Waals surface area contributed by atoms with Gasteiger partial charge in [0, 0.05) is 24.4 Å².